The van der Waals surface area contributed by atoms with Gasteiger partial charge in [-0.2, -0.15) is 9.78 Å². The van der Waals surface area contributed by atoms with E-state index >= 15 is 0 Å². The van der Waals surface area contributed by atoms with E-state index in [1.54, 1.807) is 11.8 Å². The first kappa shape index (κ1) is 19.0. The summed E-state index contributed by atoms with van der Waals surface area (Å²) in [7, 11) is 1.65. The molecule has 158 valence electrons. The minimum absolute atomic E-state index is 0.0145. The zero-order valence-corrected chi connectivity index (χ0v) is 18.4. The monoisotopic (exact) mass is 440 g/mol. The van der Waals surface area contributed by atoms with Crippen molar-refractivity contribution in [3.8, 4) is 10.9 Å². The Balaban J connectivity index is 1.53. The molecule has 5 aromatic rings. The zero-order chi connectivity index (χ0) is 21.8. The molecule has 0 fully saturated rings. The van der Waals surface area contributed by atoms with Crippen molar-refractivity contribution in [2.24, 2.45) is 0 Å². The number of benzene rings is 3. The summed E-state index contributed by atoms with van der Waals surface area (Å²) < 4.78 is 8.13. The van der Waals surface area contributed by atoms with E-state index in [1.165, 1.54) is 22.1 Å². The third-order valence-electron chi connectivity index (χ3n) is 6.07. The number of amides is 1. The first-order valence-electron chi connectivity index (χ1n) is 10.4. The number of carbonyl (C=O) groups excluding carboxylic acids is 1. The molecule has 32 heavy (non-hydrogen) atoms. The van der Waals surface area contributed by atoms with E-state index in [0.29, 0.717) is 12.2 Å². The minimum Gasteiger partial charge on any atom is -0.497 e. The number of nitrogens with one attached hydrogen (secondary N) is 1. The molecule has 0 radical (unpaired) electrons. The highest BCUT2D eigenvalue weighted by Gasteiger charge is 2.34. The molecule has 1 N–H and O–H groups in total. The molecule has 0 saturated carbocycles. The quantitative estimate of drug-likeness (QED) is 0.406. The molecule has 3 aromatic carbocycles. The molecular weight excluding hydrogens is 420 g/mol. The van der Waals surface area contributed by atoms with Gasteiger partial charge in [0.15, 0.2) is 0 Å². The number of hydrogen-bond acceptors (Lipinski definition) is 5. The maximum atomic E-state index is 12.8. The number of hydrogen-bond donors (Lipinski definition) is 1. The van der Waals surface area contributed by atoms with Crippen molar-refractivity contribution in [3.63, 3.8) is 0 Å². The van der Waals surface area contributed by atoms with Crippen LogP contribution in [-0.4, -0.2) is 27.8 Å². The van der Waals surface area contributed by atoms with Gasteiger partial charge in [-0.3, -0.25) is 4.79 Å². The fraction of sp³-hybridized carbons (Fsp3) is 0.160. The minimum atomic E-state index is -0.0620. The summed E-state index contributed by atoms with van der Waals surface area (Å²) in [6.07, 6.45) is 0.393. The van der Waals surface area contributed by atoms with Gasteiger partial charge >= 0.3 is 0 Å². The Morgan fingerprint density at radius 3 is 2.84 bits per heavy atom. The van der Waals surface area contributed by atoms with Crippen LogP contribution in [0, 0.1) is 6.92 Å². The van der Waals surface area contributed by atoms with Gasteiger partial charge in [0.05, 0.1) is 23.0 Å². The summed E-state index contributed by atoms with van der Waals surface area (Å²) >= 11 is 1.52. The Morgan fingerprint density at radius 1 is 1.12 bits per heavy atom. The second-order valence-corrected chi connectivity index (χ2v) is 8.97. The van der Waals surface area contributed by atoms with Gasteiger partial charge in [0, 0.05) is 17.9 Å². The number of ether oxygens (including phenoxy) is 1. The molecule has 1 atom stereocenters. The highest BCUT2D eigenvalue weighted by Crippen LogP contribution is 2.43. The van der Waals surface area contributed by atoms with Gasteiger partial charge in [0.1, 0.15) is 11.6 Å². The summed E-state index contributed by atoms with van der Waals surface area (Å²) in [6, 6.07) is 20.4. The molecule has 0 spiro atoms. The van der Waals surface area contributed by atoms with E-state index in [9.17, 15) is 4.79 Å². The summed E-state index contributed by atoms with van der Waals surface area (Å²) in [5.41, 5.74) is 3.98. The van der Waals surface area contributed by atoms with Crippen LogP contribution in [0.25, 0.3) is 26.1 Å². The van der Waals surface area contributed by atoms with Crippen LogP contribution in [0.3, 0.4) is 0 Å². The van der Waals surface area contributed by atoms with Gasteiger partial charge in [-0.05, 0) is 41.5 Å². The van der Waals surface area contributed by atoms with Crippen molar-refractivity contribution < 1.29 is 9.53 Å². The van der Waals surface area contributed by atoms with Crippen LogP contribution in [0.2, 0.25) is 0 Å². The van der Waals surface area contributed by atoms with Crippen molar-refractivity contribution >= 4 is 44.1 Å². The lowest BCUT2D eigenvalue weighted by molar-refractivity contribution is -0.116. The maximum Gasteiger partial charge on any atom is 0.226 e. The first-order valence-corrected chi connectivity index (χ1v) is 11.3. The van der Waals surface area contributed by atoms with Gasteiger partial charge in [-0.25, -0.2) is 4.98 Å². The smallest absolute Gasteiger partial charge is 0.226 e. The average molecular weight is 441 g/mol. The summed E-state index contributed by atoms with van der Waals surface area (Å²) in [5, 5.41) is 10.9. The van der Waals surface area contributed by atoms with Crippen LogP contribution in [0.1, 0.15) is 29.2 Å². The van der Waals surface area contributed by atoms with E-state index in [-0.39, 0.29) is 11.8 Å². The van der Waals surface area contributed by atoms with E-state index in [2.05, 4.69) is 35.6 Å². The number of methoxy groups -OCH3 is 1. The predicted octanol–water partition coefficient (Wildman–Crippen LogP) is 5.43. The van der Waals surface area contributed by atoms with Crippen molar-refractivity contribution in [1.29, 1.82) is 0 Å². The lowest BCUT2D eigenvalue weighted by atomic mass is 9.83. The molecule has 2 aromatic heterocycles. The molecule has 1 aliphatic rings. The zero-order valence-electron chi connectivity index (χ0n) is 17.6. The standard InChI is InChI=1S/C25H20N4O2S/c1-14-23-19(18-9-5-7-15-6-3-4-8-17(15)18)13-22(30)27-24(23)29(28-14)25-26-20-11-10-16(31-2)12-21(20)32-25/h3-12,19H,13H2,1-2H3,(H,27,30)/t19-/m1/s1. The third kappa shape index (κ3) is 2.89. The fourth-order valence-electron chi connectivity index (χ4n) is 4.62. The Morgan fingerprint density at radius 2 is 1.97 bits per heavy atom. The third-order valence-corrected chi connectivity index (χ3v) is 7.06. The lowest BCUT2D eigenvalue weighted by Gasteiger charge is -2.25. The number of anilines is 1. The molecule has 0 bridgehead atoms. The van der Waals surface area contributed by atoms with E-state index in [0.717, 1.165) is 37.9 Å². The normalized spacial score (nSPS) is 15.7. The van der Waals surface area contributed by atoms with Gasteiger partial charge < -0.3 is 10.1 Å². The Labute approximate surface area is 188 Å². The number of aromatic nitrogens is 3. The number of fused-ring (bicyclic) bond motifs is 3. The molecule has 0 unspecified atom stereocenters. The van der Waals surface area contributed by atoms with Crippen LogP contribution in [-0.2, 0) is 4.79 Å². The fourth-order valence-corrected chi connectivity index (χ4v) is 5.57. The van der Waals surface area contributed by atoms with Crippen molar-refractivity contribution in [2.45, 2.75) is 19.3 Å². The topological polar surface area (TPSA) is 69.0 Å². The maximum absolute atomic E-state index is 12.8. The molecule has 0 aliphatic carbocycles. The lowest BCUT2D eigenvalue weighted by Crippen LogP contribution is -2.25. The predicted molar refractivity (Wildman–Crippen MR) is 127 cm³/mol. The van der Waals surface area contributed by atoms with Crippen molar-refractivity contribution in [3.05, 3.63) is 77.5 Å². The van der Waals surface area contributed by atoms with Gasteiger partial charge in [-0.1, -0.05) is 53.8 Å². The Hall–Kier alpha value is -3.71. The Bertz CT molecular complexity index is 1510. The molecule has 0 saturated heterocycles. The van der Waals surface area contributed by atoms with Gasteiger partial charge in [0.2, 0.25) is 11.0 Å². The van der Waals surface area contributed by atoms with Gasteiger partial charge in [0.25, 0.3) is 0 Å². The van der Waals surface area contributed by atoms with E-state index in [4.69, 9.17) is 14.8 Å². The number of nitrogens with zero attached hydrogens (tertiary/aromatic N) is 3. The van der Waals surface area contributed by atoms with Crippen LogP contribution in [0.4, 0.5) is 5.82 Å². The highest BCUT2D eigenvalue weighted by atomic mass is 32.1. The van der Waals surface area contributed by atoms with Crippen molar-refractivity contribution in [2.75, 3.05) is 12.4 Å². The van der Waals surface area contributed by atoms with Gasteiger partial charge in [-0.15, -0.1) is 0 Å². The summed E-state index contributed by atoms with van der Waals surface area (Å²) in [5.74, 6) is 1.42. The molecule has 6 rings (SSSR count). The average Bonchev–Trinajstić information content (AvgIpc) is 3.38. The van der Waals surface area contributed by atoms with Crippen molar-refractivity contribution in [1.82, 2.24) is 14.8 Å². The van der Waals surface area contributed by atoms with Crippen LogP contribution in [0.5, 0.6) is 5.75 Å². The molecule has 7 heteroatoms. The van der Waals surface area contributed by atoms with Crippen LogP contribution >= 0.6 is 11.3 Å². The second kappa shape index (κ2) is 7.17. The van der Waals surface area contributed by atoms with E-state index < -0.39 is 0 Å². The molecule has 1 aliphatic heterocycles. The summed E-state index contributed by atoms with van der Waals surface area (Å²) in [4.78, 5) is 17.6. The number of thiazole rings is 1. The van der Waals surface area contributed by atoms with Crippen LogP contribution < -0.4 is 10.1 Å². The molecule has 3 heterocycles. The number of rotatable bonds is 3. The largest absolute Gasteiger partial charge is 0.497 e. The summed E-state index contributed by atoms with van der Waals surface area (Å²) in [6.45, 7) is 2.00. The Kier molecular flexibility index (Phi) is 4.26. The first-order chi connectivity index (χ1) is 15.6. The molecule has 6 nitrogen and oxygen atoms in total. The second-order valence-electron chi connectivity index (χ2n) is 7.96. The SMILES string of the molecule is COc1ccc2nc(-n3nc(C)c4c3NC(=O)C[C@@H]4c3cccc4ccccc34)sc2c1. The van der Waals surface area contributed by atoms with E-state index in [1.807, 2.05) is 37.3 Å². The number of aryl methyl sites for hydroxylation is 1. The molecular formula is C25H20N4O2S. The number of carbonyl (C=O) groups is 1. The van der Waals surface area contributed by atoms with Crippen LogP contribution in [0.15, 0.2) is 60.7 Å². The molecule has 1 amide bonds. The highest BCUT2D eigenvalue weighted by molar-refractivity contribution is 7.20.